The Hall–Kier alpha value is -3.34. The molecule has 2 N–H and O–H groups in total. The number of ketones is 2. The van der Waals surface area contributed by atoms with Crippen LogP contribution in [0.15, 0.2) is 118 Å². The number of rotatable bonds is 12. The molecule has 0 aromatic heterocycles. The van der Waals surface area contributed by atoms with Crippen LogP contribution in [-0.2, 0) is 9.59 Å². The van der Waals surface area contributed by atoms with Crippen LogP contribution in [0, 0.1) is 16.7 Å². The van der Waals surface area contributed by atoms with Crippen molar-refractivity contribution in [2.45, 2.75) is 94.1 Å². The van der Waals surface area contributed by atoms with Gasteiger partial charge in [-0.2, -0.15) is 0 Å². The zero-order valence-electron chi connectivity index (χ0n) is 28.4. The summed E-state index contributed by atoms with van der Waals surface area (Å²) in [5.41, 5.74) is 6.66. The highest BCUT2D eigenvalue weighted by Gasteiger charge is 2.35. The van der Waals surface area contributed by atoms with Crippen LogP contribution in [0.5, 0.6) is 0 Å². The minimum atomic E-state index is -0.365. The summed E-state index contributed by atoms with van der Waals surface area (Å²) in [7, 11) is 0. The first-order valence-electron chi connectivity index (χ1n) is 15.7. The number of hydrogen-bond donors (Lipinski definition) is 2. The van der Waals surface area contributed by atoms with Gasteiger partial charge in [0, 0.05) is 24.3 Å². The second-order valence-electron chi connectivity index (χ2n) is 13.8. The summed E-state index contributed by atoms with van der Waals surface area (Å²) < 4.78 is 0. The molecule has 2 rings (SSSR count). The van der Waals surface area contributed by atoms with Gasteiger partial charge < -0.3 is 10.2 Å². The van der Waals surface area contributed by atoms with Gasteiger partial charge in [-0.3, -0.25) is 9.59 Å². The summed E-state index contributed by atoms with van der Waals surface area (Å²) in [6.45, 7) is 18.3. The third-order valence-corrected chi connectivity index (χ3v) is 8.59. The summed E-state index contributed by atoms with van der Waals surface area (Å²) in [6, 6.07) is 0. The summed E-state index contributed by atoms with van der Waals surface area (Å²) in [5, 5.41) is 19.9. The third kappa shape index (κ3) is 11.6. The number of carbonyl (C=O) groups excluding carboxylic acids is 2. The first kappa shape index (κ1) is 36.8. The lowest BCUT2D eigenvalue weighted by molar-refractivity contribution is -0.117. The van der Waals surface area contributed by atoms with Crippen LogP contribution in [0.25, 0.3) is 0 Å². The van der Waals surface area contributed by atoms with E-state index in [0.29, 0.717) is 24.8 Å². The first-order valence-corrected chi connectivity index (χ1v) is 15.7. The van der Waals surface area contributed by atoms with E-state index >= 15 is 0 Å². The van der Waals surface area contributed by atoms with Crippen molar-refractivity contribution >= 4 is 11.6 Å². The van der Waals surface area contributed by atoms with Gasteiger partial charge in [-0.1, -0.05) is 134 Å². The molecule has 0 unspecified atom stereocenters. The topological polar surface area (TPSA) is 74.6 Å². The molecule has 2 aliphatic carbocycles. The van der Waals surface area contributed by atoms with Crippen LogP contribution in [0.2, 0.25) is 0 Å². The zero-order chi connectivity index (χ0) is 33.1. The Morgan fingerprint density at radius 3 is 1.98 bits per heavy atom. The SMILES string of the molecule is CC1=CC(=O)CC(C)(C)[C@H]1/C=C/C(C)=C/C=C/C(C)=C/C=C/C=C(C)/C=C/C=C(\CO)C(=O)CC1=C(C)C[C@@H](O)CC1(C)C. The Morgan fingerprint density at radius 2 is 1.43 bits per heavy atom. The highest BCUT2D eigenvalue weighted by atomic mass is 16.3. The number of Topliss-reactive ketones (excluding diaryl/α,β-unsaturated/α-hetero) is 1. The molecule has 0 radical (unpaired) electrons. The van der Waals surface area contributed by atoms with Crippen molar-refractivity contribution in [3.8, 4) is 0 Å². The van der Waals surface area contributed by atoms with Crippen molar-refractivity contribution in [1.82, 2.24) is 0 Å². The predicted molar refractivity (Wildman–Crippen MR) is 185 cm³/mol. The highest BCUT2D eigenvalue weighted by molar-refractivity contribution is 5.97. The Labute approximate surface area is 266 Å². The van der Waals surface area contributed by atoms with E-state index in [1.807, 2.05) is 57.2 Å². The summed E-state index contributed by atoms with van der Waals surface area (Å²) in [4.78, 5) is 24.9. The molecule has 0 saturated heterocycles. The molecule has 0 heterocycles. The second kappa shape index (κ2) is 16.7. The van der Waals surface area contributed by atoms with Crippen molar-refractivity contribution in [3.63, 3.8) is 0 Å². The number of aliphatic hydroxyl groups is 2. The van der Waals surface area contributed by atoms with Crippen LogP contribution >= 0.6 is 0 Å². The first-order chi connectivity index (χ1) is 20.6. The van der Waals surface area contributed by atoms with Crippen molar-refractivity contribution < 1.29 is 19.8 Å². The molecule has 4 nitrogen and oxygen atoms in total. The van der Waals surface area contributed by atoms with Gasteiger partial charge in [0.1, 0.15) is 0 Å². The molecule has 44 heavy (non-hydrogen) atoms. The number of carbonyl (C=O) groups is 2. The minimum absolute atomic E-state index is 0.0647. The zero-order valence-corrected chi connectivity index (χ0v) is 28.4. The number of allylic oxidation sites excluding steroid dienone is 18. The molecule has 2 atom stereocenters. The van der Waals surface area contributed by atoms with Gasteiger partial charge in [-0.15, -0.1) is 0 Å². The highest BCUT2D eigenvalue weighted by Crippen LogP contribution is 2.42. The monoisotopic (exact) mass is 598 g/mol. The molecule has 4 heteroatoms. The van der Waals surface area contributed by atoms with Crippen LogP contribution in [0.1, 0.15) is 88.0 Å². The fourth-order valence-electron chi connectivity index (χ4n) is 6.22. The molecule has 2 aliphatic rings. The molecule has 0 aliphatic heterocycles. The van der Waals surface area contributed by atoms with E-state index in [2.05, 4.69) is 65.8 Å². The molecule has 0 aromatic rings. The maximum absolute atomic E-state index is 12.9. The second-order valence-corrected chi connectivity index (χ2v) is 13.8. The van der Waals surface area contributed by atoms with Gasteiger partial charge in [0.15, 0.2) is 11.6 Å². The van der Waals surface area contributed by atoms with Crippen LogP contribution in [0.4, 0.5) is 0 Å². The van der Waals surface area contributed by atoms with E-state index in [1.165, 1.54) is 0 Å². The number of aliphatic hydroxyl groups excluding tert-OH is 2. The fraction of sp³-hybridized carbons (Fsp3) is 0.450. The Morgan fingerprint density at radius 1 is 0.886 bits per heavy atom. The minimum Gasteiger partial charge on any atom is -0.393 e. The Balaban J connectivity index is 1.94. The van der Waals surface area contributed by atoms with Crippen molar-refractivity contribution in [1.29, 1.82) is 0 Å². The van der Waals surface area contributed by atoms with E-state index in [9.17, 15) is 19.8 Å². The Bertz CT molecular complexity index is 1380. The lowest BCUT2D eigenvalue weighted by atomic mass is 9.68. The summed E-state index contributed by atoms with van der Waals surface area (Å²) >= 11 is 0. The quantitative estimate of drug-likeness (QED) is 0.134. The van der Waals surface area contributed by atoms with Crippen molar-refractivity contribution in [2.24, 2.45) is 16.7 Å². The maximum atomic E-state index is 12.9. The van der Waals surface area contributed by atoms with Crippen LogP contribution in [-0.4, -0.2) is 34.5 Å². The van der Waals surface area contributed by atoms with Crippen molar-refractivity contribution in [2.75, 3.05) is 6.61 Å². The van der Waals surface area contributed by atoms with Crippen molar-refractivity contribution in [3.05, 3.63) is 118 Å². The normalized spacial score (nSPS) is 24.0. The van der Waals surface area contributed by atoms with E-state index in [1.54, 1.807) is 18.2 Å². The fourth-order valence-corrected chi connectivity index (χ4v) is 6.22. The lowest BCUT2D eigenvalue weighted by Gasteiger charge is -2.37. The molecule has 0 amide bonds. The standard InChI is InChI=1S/C40H54O4/c1-28(16-12-17-30(3)20-21-36-31(4)22-34(42)25-39(36,6)7)14-10-11-15-29(2)18-13-19-33(27-41)38(44)24-37-32(5)23-35(43)26-40(37,8)9/h10-22,35-36,41,43H,23-27H2,1-9H3/b11-10+,16-12+,18-13+,21-20+,28-14+,29-15+,30-17+,33-19+/t35-,36+/m1/s1. The smallest absolute Gasteiger partial charge is 0.165 e. The molecular formula is C40H54O4. The molecule has 0 aromatic carbocycles. The van der Waals surface area contributed by atoms with Gasteiger partial charge in [-0.05, 0) is 64.4 Å². The molecule has 0 fully saturated rings. The Kier molecular flexibility index (Phi) is 13.9. The third-order valence-electron chi connectivity index (χ3n) is 8.59. The largest absolute Gasteiger partial charge is 0.393 e. The summed E-state index contributed by atoms with van der Waals surface area (Å²) in [6.07, 6.45) is 27.5. The summed E-state index contributed by atoms with van der Waals surface area (Å²) in [5.74, 6) is 0.401. The number of hydrogen-bond acceptors (Lipinski definition) is 4. The van der Waals surface area contributed by atoms with E-state index in [-0.39, 0.29) is 47.4 Å². The maximum Gasteiger partial charge on any atom is 0.165 e. The molecular weight excluding hydrogens is 544 g/mol. The van der Waals surface area contributed by atoms with E-state index in [4.69, 9.17) is 0 Å². The van der Waals surface area contributed by atoms with Gasteiger partial charge >= 0.3 is 0 Å². The molecule has 0 bridgehead atoms. The lowest BCUT2D eigenvalue weighted by Crippen LogP contribution is -2.30. The predicted octanol–water partition coefficient (Wildman–Crippen LogP) is 8.99. The average molecular weight is 599 g/mol. The van der Waals surface area contributed by atoms with Gasteiger partial charge in [0.25, 0.3) is 0 Å². The molecule has 0 saturated carbocycles. The van der Waals surface area contributed by atoms with Crippen LogP contribution in [0.3, 0.4) is 0 Å². The molecule has 238 valence electrons. The van der Waals surface area contributed by atoms with Gasteiger partial charge in [-0.25, -0.2) is 0 Å². The van der Waals surface area contributed by atoms with E-state index in [0.717, 1.165) is 33.4 Å². The van der Waals surface area contributed by atoms with Gasteiger partial charge in [0.05, 0.1) is 12.7 Å². The average Bonchev–Trinajstić information content (AvgIpc) is 2.89. The van der Waals surface area contributed by atoms with Crippen LogP contribution < -0.4 is 0 Å². The van der Waals surface area contributed by atoms with Gasteiger partial charge in [0.2, 0.25) is 0 Å². The van der Waals surface area contributed by atoms with E-state index < -0.39 is 0 Å². The molecule has 0 spiro atoms.